The lowest BCUT2D eigenvalue weighted by Gasteiger charge is -2.28. The summed E-state index contributed by atoms with van der Waals surface area (Å²) in [6, 6.07) is -0.312. The highest BCUT2D eigenvalue weighted by atomic mass is 32.2. The van der Waals surface area contributed by atoms with Crippen LogP contribution in [0.5, 0.6) is 0 Å². The van der Waals surface area contributed by atoms with Gasteiger partial charge in [0.25, 0.3) is 5.91 Å². The van der Waals surface area contributed by atoms with Crippen molar-refractivity contribution < 1.29 is 22.7 Å². The van der Waals surface area contributed by atoms with E-state index >= 15 is 0 Å². The Morgan fingerprint density at radius 1 is 1.27 bits per heavy atom. The van der Waals surface area contributed by atoms with Crippen LogP contribution in [0.25, 0.3) is 0 Å². The van der Waals surface area contributed by atoms with Gasteiger partial charge in [-0.1, -0.05) is 13.3 Å². The molecular formula is C18H28N2O5S. The monoisotopic (exact) mass is 384 g/mol. The SMILES string of the molecule is CCCCN(C(=O)c1[nH]c(C)c(C(=O)OCC)c1C)C1CCS(=O)(=O)C1. The van der Waals surface area contributed by atoms with E-state index in [-0.39, 0.29) is 30.1 Å². The van der Waals surface area contributed by atoms with Gasteiger partial charge in [0, 0.05) is 18.3 Å². The molecular weight excluding hydrogens is 356 g/mol. The summed E-state index contributed by atoms with van der Waals surface area (Å²) in [6.45, 7) is 7.96. The highest BCUT2D eigenvalue weighted by Gasteiger charge is 2.36. The molecule has 7 nitrogen and oxygen atoms in total. The zero-order chi connectivity index (χ0) is 19.5. The highest BCUT2D eigenvalue weighted by molar-refractivity contribution is 7.91. The van der Waals surface area contributed by atoms with Gasteiger partial charge < -0.3 is 14.6 Å². The molecule has 0 spiro atoms. The van der Waals surface area contributed by atoms with Crippen molar-refractivity contribution in [1.82, 2.24) is 9.88 Å². The average molecular weight is 384 g/mol. The molecule has 1 aliphatic rings. The van der Waals surface area contributed by atoms with Crippen LogP contribution >= 0.6 is 0 Å². The van der Waals surface area contributed by atoms with Gasteiger partial charge in [-0.05, 0) is 39.2 Å². The summed E-state index contributed by atoms with van der Waals surface area (Å²) in [6.07, 6.45) is 2.16. The third-order valence-corrected chi connectivity index (χ3v) is 6.54. The Morgan fingerprint density at radius 2 is 1.96 bits per heavy atom. The molecule has 0 bridgehead atoms. The van der Waals surface area contributed by atoms with E-state index in [0.29, 0.717) is 35.5 Å². The van der Waals surface area contributed by atoms with E-state index in [2.05, 4.69) is 4.98 Å². The zero-order valence-corrected chi connectivity index (χ0v) is 16.7. The summed E-state index contributed by atoms with van der Waals surface area (Å²) in [7, 11) is -3.09. The van der Waals surface area contributed by atoms with Crippen LogP contribution in [-0.2, 0) is 14.6 Å². The van der Waals surface area contributed by atoms with Crippen molar-refractivity contribution in [2.75, 3.05) is 24.7 Å². The molecule has 0 radical (unpaired) electrons. The van der Waals surface area contributed by atoms with Crippen molar-refractivity contribution in [1.29, 1.82) is 0 Å². The molecule has 8 heteroatoms. The molecule has 0 saturated carbocycles. The first-order chi connectivity index (χ1) is 12.2. The zero-order valence-electron chi connectivity index (χ0n) is 15.9. The van der Waals surface area contributed by atoms with Crippen molar-refractivity contribution in [3.63, 3.8) is 0 Å². The van der Waals surface area contributed by atoms with Crippen LogP contribution in [0.15, 0.2) is 0 Å². The predicted molar refractivity (Wildman–Crippen MR) is 99.2 cm³/mol. The van der Waals surface area contributed by atoms with Crippen LogP contribution in [-0.4, -0.2) is 60.9 Å². The molecule has 1 saturated heterocycles. The molecule has 0 aliphatic carbocycles. The largest absolute Gasteiger partial charge is 0.462 e. The Balaban J connectivity index is 2.34. The summed E-state index contributed by atoms with van der Waals surface area (Å²) in [4.78, 5) is 30.0. The van der Waals surface area contributed by atoms with Gasteiger partial charge in [0.2, 0.25) is 0 Å². The predicted octanol–water partition coefficient (Wildman–Crippen LogP) is 2.24. The van der Waals surface area contributed by atoms with Crippen molar-refractivity contribution >= 4 is 21.7 Å². The lowest BCUT2D eigenvalue weighted by Crippen LogP contribution is -2.42. The van der Waals surface area contributed by atoms with Gasteiger partial charge >= 0.3 is 5.97 Å². The molecule has 1 aromatic heterocycles. The van der Waals surface area contributed by atoms with E-state index < -0.39 is 15.8 Å². The Bertz CT molecular complexity index is 782. The number of aromatic amines is 1. The fraction of sp³-hybridized carbons (Fsp3) is 0.667. The second-order valence-corrected chi connectivity index (χ2v) is 8.98. The summed E-state index contributed by atoms with van der Waals surface area (Å²) >= 11 is 0. The molecule has 1 aliphatic heterocycles. The Morgan fingerprint density at radius 3 is 2.50 bits per heavy atom. The standard InChI is InChI=1S/C18H28N2O5S/c1-5-7-9-20(14-8-10-26(23,24)11-14)17(21)16-12(3)15(13(4)19-16)18(22)25-6-2/h14,19H,5-11H2,1-4H3. The first-order valence-electron chi connectivity index (χ1n) is 9.09. The van der Waals surface area contributed by atoms with Crippen LogP contribution in [0.3, 0.4) is 0 Å². The van der Waals surface area contributed by atoms with E-state index in [4.69, 9.17) is 4.74 Å². The minimum absolute atomic E-state index is 0.00588. The quantitative estimate of drug-likeness (QED) is 0.727. The number of hydrogen-bond donors (Lipinski definition) is 1. The normalized spacial score (nSPS) is 18.7. The van der Waals surface area contributed by atoms with Crippen molar-refractivity contribution in [3.8, 4) is 0 Å². The van der Waals surface area contributed by atoms with Crippen molar-refractivity contribution in [2.45, 2.75) is 53.0 Å². The van der Waals surface area contributed by atoms with Crippen molar-refractivity contribution in [3.05, 3.63) is 22.5 Å². The number of carbonyl (C=O) groups is 2. The highest BCUT2D eigenvalue weighted by Crippen LogP contribution is 2.24. The number of carbonyl (C=O) groups excluding carboxylic acids is 2. The Kier molecular flexibility index (Phi) is 6.49. The third kappa shape index (κ3) is 4.28. The fourth-order valence-corrected chi connectivity index (χ4v) is 5.15. The van der Waals surface area contributed by atoms with Crippen molar-refractivity contribution in [2.24, 2.45) is 0 Å². The summed E-state index contributed by atoms with van der Waals surface area (Å²) < 4.78 is 28.8. The van der Waals surface area contributed by atoms with Gasteiger partial charge in [-0.15, -0.1) is 0 Å². The van der Waals surface area contributed by atoms with Gasteiger partial charge in [0.05, 0.1) is 23.7 Å². The summed E-state index contributed by atoms with van der Waals surface area (Å²) in [5.74, 6) is -0.589. The molecule has 0 aromatic carbocycles. The number of aromatic nitrogens is 1. The maximum absolute atomic E-state index is 13.2. The number of esters is 1. The number of unbranched alkanes of at least 4 members (excludes halogenated alkanes) is 1. The van der Waals surface area contributed by atoms with Crippen LogP contribution < -0.4 is 0 Å². The number of sulfone groups is 1. The number of amides is 1. The van der Waals surface area contributed by atoms with Crippen LogP contribution in [0.2, 0.25) is 0 Å². The lowest BCUT2D eigenvalue weighted by atomic mass is 10.1. The smallest absolute Gasteiger partial charge is 0.340 e. The summed E-state index contributed by atoms with van der Waals surface area (Å²) in [5.41, 5.74) is 1.85. The van der Waals surface area contributed by atoms with Gasteiger partial charge in [0.1, 0.15) is 5.69 Å². The number of hydrogen-bond acceptors (Lipinski definition) is 5. The number of rotatable bonds is 7. The molecule has 26 heavy (non-hydrogen) atoms. The topological polar surface area (TPSA) is 96.5 Å². The molecule has 1 fully saturated rings. The van der Waals surface area contributed by atoms with Gasteiger partial charge in [-0.25, -0.2) is 13.2 Å². The molecule has 1 amide bonds. The number of nitrogens with one attached hydrogen (secondary N) is 1. The molecule has 1 unspecified atom stereocenters. The minimum atomic E-state index is -3.09. The number of H-pyrrole nitrogens is 1. The van der Waals surface area contributed by atoms with Gasteiger partial charge in [-0.2, -0.15) is 0 Å². The third-order valence-electron chi connectivity index (χ3n) is 4.79. The molecule has 1 atom stereocenters. The van der Waals surface area contributed by atoms with E-state index in [1.54, 1.807) is 25.7 Å². The molecule has 1 N–H and O–H groups in total. The second-order valence-electron chi connectivity index (χ2n) is 6.75. The minimum Gasteiger partial charge on any atom is -0.462 e. The van der Waals surface area contributed by atoms with E-state index in [0.717, 1.165) is 12.8 Å². The second kappa shape index (κ2) is 8.24. The molecule has 2 rings (SSSR count). The molecule has 1 aromatic rings. The Hall–Kier alpha value is -1.83. The lowest BCUT2D eigenvalue weighted by molar-refractivity contribution is 0.0525. The van der Waals surface area contributed by atoms with E-state index in [1.165, 1.54) is 0 Å². The first kappa shape index (κ1) is 20.5. The van der Waals surface area contributed by atoms with Crippen LogP contribution in [0, 0.1) is 13.8 Å². The average Bonchev–Trinajstić information content (AvgIpc) is 3.07. The van der Waals surface area contributed by atoms with Gasteiger partial charge in [-0.3, -0.25) is 4.79 Å². The summed E-state index contributed by atoms with van der Waals surface area (Å²) in [5, 5.41) is 0. The maximum atomic E-state index is 13.2. The number of aryl methyl sites for hydroxylation is 1. The van der Waals surface area contributed by atoms with Crippen LogP contribution in [0.1, 0.15) is 65.2 Å². The van der Waals surface area contributed by atoms with Gasteiger partial charge in [0.15, 0.2) is 9.84 Å². The number of nitrogens with zero attached hydrogens (tertiary/aromatic N) is 1. The van der Waals surface area contributed by atoms with E-state index in [9.17, 15) is 18.0 Å². The number of ether oxygens (including phenoxy) is 1. The fourth-order valence-electron chi connectivity index (χ4n) is 3.42. The Labute approximate surface area is 155 Å². The van der Waals surface area contributed by atoms with E-state index in [1.807, 2.05) is 6.92 Å². The molecule has 146 valence electrons. The first-order valence-corrected chi connectivity index (χ1v) is 10.9. The molecule has 2 heterocycles. The maximum Gasteiger partial charge on any atom is 0.340 e. The van der Waals surface area contributed by atoms with Crippen LogP contribution in [0.4, 0.5) is 0 Å².